The maximum absolute atomic E-state index is 11.5. The lowest BCUT2D eigenvalue weighted by molar-refractivity contribution is -0.136. The van der Waals surface area contributed by atoms with E-state index < -0.39 is 5.97 Å². The summed E-state index contributed by atoms with van der Waals surface area (Å²) in [6.45, 7) is 0.140. The zero-order valence-corrected chi connectivity index (χ0v) is 9.67. The van der Waals surface area contributed by atoms with Crippen molar-refractivity contribution < 1.29 is 14.7 Å². The third-order valence-electron chi connectivity index (χ3n) is 2.42. The largest absolute Gasteiger partial charge is 0.481 e. The Bertz CT molecular complexity index is 544. The molecule has 6 nitrogen and oxygen atoms in total. The van der Waals surface area contributed by atoms with Crippen molar-refractivity contribution in [2.75, 3.05) is 6.54 Å². The maximum atomic E-state index is 11.5. The van der Waals surface area contributed by atoms with Gasteiger partial charge < -0.3 is 14.8 Å². The minimum atomic E-state index is -0.928. The van der Waals surface area contributed by atoms with Crippen molar-refractivity contribution in [2.45, 2.75) is 12.8 Å². The summed E-state index contributed by atoms with van der Waals surface area (Å²) in [5, 5.41) is 11.0. The minimum Gasteiger partial charge on any atom is -0.481 e. The first-order valence-electron chi connectivity index (χ1n) is 5.56. The summed E-state index contributed by atoms with van der Waals surface area (Å²) in [5.74, 6) is -1.15. The first-order chi connectivity index (χ1) is 8.65. The zero-order valence-electron chi connectivity index (χ0n) is 9.67. The Morgan fingerprint density at radius 1 is 1.39 bits per heavy atom. The van der Waals surface area contributed by atoms with E-state index in [1.54, 1.807) is 6.20 Å². The fraction of sp³-hybridized carbons (Fsp3) is 0.250. The van der Waals surface area contributed by atoms with Gasteiger partial charge in [-0.05, 0) is 12.1 Å². The van der Waals surface area contributed by atoms with Crippen molar-refractivity contribution in [3.8, 4) is 0 Å². The topological polar surface area (TPSA) is 83.7 Å². The number of aromatic nitrogens is 2. The molecule has 0 saturated carbocycles. The van der Waals surface area contributed by atoms with Crippen LogP contribution in [0.2, 0.25) is 0 Å². The molecule has 2 rings (SSSR count). The van der Waals surface area contributed by atoms with E-state index in [1.165, 1.54) is 0 Å². The van der Waals surface area contributed by atoms with Gasteiger partial charge in [-0.3, -0.25) is 9.59 Å². The lowest BCUT2D eigenvalue weighted by Gasteiger charge is -2.00. The SMILES string of the molecule is O=C(O)CCNC(=O)Cc1cn2ccccc2n1. The van der Waals surface area contributed by atoms with Gasteiger partial charge in [0.15, 0.2) is 0 Å². The number of imidazole rings is 1. The van der Waals surface area contributed by atoms with Crippen LogP contribution < -0.4 is 5.32 Å². The second kappa shape index (κ2) is 5.31. The summed E-state index contributed by atoms with van der Waals surface area (Å²) in [4.78, 5) is 26.1. The molecular formula is C12H13N3O3. The molecule has 0 unspecified atom stereocenters. The number of nitrogens with one attached hydrogen (secondary N) is 1. The van der Waals surface area contributed by atoms with Crippen molar-refractivity contribution in [1.82, 2.24) is 14.7 Å². The molecule has 0 atom stereocenters. The molecule has 2 aromatic heterocycles. The summed E-state index contributed by atoms with van der Waals surface area (Å²) in [6, 6.07) is 5.61. The third-order valence-corrected chi connectivity index (χ3v) is 2.42. The Labute approximate surface area is 103 Å². The van der Waals surface area contributed by atoms with Gasteiger partial charge >= 0.3 is 5.97 Å². The number of pyridine rings is 1. The number of carbonyl (C=O) groups is 2. The van der Waals surface area contributed by atoms with Crippen molar-refractivity contribution >= 4 is 17.5 Å². The molecular weight excluding hydrogens is 234 g/mol. The number of nitrogens with zero attached hydrogens (tertiary/aromatic N) is 2. The molecule has 2 N–H and O–H groups in total. The normalized spacial score (nSPS) is 10.4. The summed E-state index contributed by atoms with van der Waals surface area (Å²) in [5.41, 5.74) is 1.44. The number of carboxylic acids is 1. The molecule has 94 valence electrons. The summed E-state index contributed by atoms with van der Waals surface area (Å²) < 4.78 is 1.83. The van der Waals surface area contributed by atoms with Crippen LogP contribution in [-0.2, 0) is 16.0 Å². The Hall–Kier alpha value is -2.37. The first-order valence-corrected chi connectivity index (χ1v) is 5.56. The average Bonchev–Trinajstić information content (AvgIpc) is 2.70. The molecule has 0 spiro atoms. The van der Waals surface area contributed by atoms with Gasteiger partial charge in [-0.2, -0.15) is 0 Å². The summed E-state index contributed by atoms with van der Waals surface area (Å²) >= 11 is 0. The van der Waals surface area contributed by atoms with E-state index >= 15 is 0 Å². The van der Waals surface area contributed by atoms with E-state index in [9.17, 15) is 9.59 Å². The van der Waals surface area contributed by atoms with E-state index in [0.717, 1.165) is 5.65 Å². The molecule has 0 bridgehead atoms. The fourth-order valence-electron chi connectivity index (χ4n) is 1.61. The van der Waals surface area contributed by atoms with Crippen molar-refractivity contribution in [3.63, 3.8) is 0 Å². The summed E-state index contributed by atoms with van der Waals surface area (Å²) in [6.07, 6.45) is 3.72. The monoisotopic (exact) mass is 247 g/mol. The van der Waals surface area contributed by atoms with Crippen LogP contribution in [0.4, 0.5) is 0 Å². The molecule has 0 aliphatic carbocycles. The smallest absolute Gasteiger partial charge is 0.305 e. The standard InChI is InChI=1S/C12H13N3O3/c16-11(13-5-4-12(17)18)7-9-8-15-6-2-1-3-10(15)14-9/h1-3,6,8H,4-5,7H2,(H,13,16)(H,17,18). The highest BCUT2D eigenvalue weighted by atomic mass is 16.4. The highest BCUT2D eigenvalue weighted by Crippen LogP contribution is 2.04. The molecule has 0 aromatic carbocycles. The highest BCUT2D eigenvalue weighted by Gasteiger charge is 2.07. The van der Waals surface area contributed by atoms with Gasteiger partial charge in [-0.25, -0.2) is 4.98 Å². The van der Waals surface area contributed by atoms with Crippen LogP contribution in [0.5, 0.6) is 0 Å². The van der Waals surface area contributed by atoms with Gasteiger partial charge in [-0.15, -0.1) is 0 Å². The molecule has 0 aliphatic rings. The second-order valence-corrected chi connectivity index (χ2v) is 3.87. The van der Waals surface area contributed by atoms with E-state index in [4.69, 9.17) is 5.11 Å². The number of carboxylic acid groups (broad SMARTS) is 1. The number of hydrogen-bond donors (Lipinski definition) is 2. The number of fused-ring (bicyclic) bond motifs is 1. The Morgan fingerprint density at radius 3 is 2.94 bits per heavy atom. The quantitative estimate of drug-likeness (QED) is 0.804. The van der Waals surface area contributed by atoms with Gasteiger partial charge in [0, 0.05) is 18.9 Å². The molecule has 18 heavy (non-hydrogen) atoms. The molecule has 0 fully saturated rings. The molecule has 2 heterocycles. The van der Waals surface area contributed by atoms with Crippen LogP contribution in [0.15, 0.2) is 30.6 Å². The molecule has 0 aliphatic heterocycles. The van der Waals surface area contributed by atoms with E-state index in [0.29, 0.717) is 5.69 Å². The predicted molar refractivity (Wildman–Crippen MR) is 64.2 cm³/mol. The van der Waals surface area contributed by atoms with E-state index in [2.05, 4.69) is 10.3 Å². The predicted octanol–water partition coefficient (Wildman–Crippen LogP) is 0.468. The first kappa shape index (κ1) is 12.1. The van der Waals surface area contributed by atoms with Gasteiger partial charge in [0.1, 0.15) is 5.65 Å². The second-order valence-electron chi connectivity index (χ2n) is 3.87. The van der Waals surface area contributed by atoms with E-state index in [-0.39, 0.29) is 25.3 Å². The van der Waals surface area contributed by atoms with Gasteiger partial charge in [0.05, 0.1) is 18.5 Å². The number of carbonyl (C=O) groups excluding carboxylic acids is 1. The zero-order chi connectivity index (χ0) is 13.0. The van der Waals surface area contributed by atoms with Crippen LogP contribution in [0.3, 0.4) is 0 Å². The van der Waals surface area contributed by atoms with Crippen molar-refractivity contribution in [2.24, 2.45) is 0 Å². The van der Waals surface area contributed by atoms with Crippen LogP contribution in [0.1, 0.15) is 12.1 Å². The van der Waals surface area contributed by atoms with E-state index in [1.807, 2.05) is 28.8 Å². The number of amides is 1. The number of hydrogen-bond acceptors (Lipinski definition) is 3. The maximum Gasteiger partial charge on any atom is 0.305 e. The number of rotatable bonds is 5. The Kier molecular flexibility index (Phi) is 3.57. The van der Waals surface area contributed by atoms with Crippen LogP contribution in [0, 0.1) is 0 Å². The lowest BCUT2D eigenvalue weighted by atomic mass is 10.3. The van der Waals surface area contributed by atoms with Crippen molar-refractivity contribution in [1.29, 1.82) is 0 Å². The molecule has 1 amide bonds. The molecule has 6 heteroatoms. The molecule has 2 aromatic rings. The Morgan fingerprint density at radius 2 is 2.22 bits per heavy atom. The Balaban J connectivity index is 1.92. The lowest BCUT2D eigenvalue weighted by Crippen LogP contribution is -2.27. The minimum absolute atomic E-state index is 0.0725. The van der Waals surface area contributed by atoms with Crippen molar-refractivity contribution in [3.05, 3.63) is 36.3 Å². The summed E-state index contributed by atoms with van der Waals surface area (Å²) in [7, 11) is 0. The van der Waals surface area contributed by atoms with Gasteiger partial charge in [0.25, 0.3) is 0 Å². The van der Waals surface area contributed by atoms with Crippen LogP contribution in [-0.4, -0.2) is 32.9 Å². The molecule has 0 radical (unpaired) electrons. The third kappa shape index (κ3) is 3.07. The molecule has 0 saturated heterocycles. The number of aliphatic carboxylic acids is 1. The van der Waals surface area contributed by atoms with Crippen LogP contribution >= 0.6 is 0 Å². The van der Waals surface area contributed by atoms with Gasteiger partial charge in [-0.1, -0.05) is 6.07 Å². The highest BCUT2D eigenvalue weighted by molar-refractivity contribution is 5.78. The van der Waals surface area contributed by atoms with Gasteiger partial charge in [0.2, 0.25) is 5.91 Å². The van der Waals surface area contributed by atoms with Crippen LogP contribution in [0.25, 0.3) is 5.65 Å². The fourth-order valence-corrected chi connectivity index (χ4v) is 1.61. The average molecular weight is 247 g/mol.